The van der Waals surface area contributed by atoms with Gasteiger partial charge in [0.2, 0.25) is 5.91 Å². The number of nitrogens with one attached hydrogen (secondary N) is 1. The van der Waals surface area contributed by atoms with Gasteiger partial charge in [0.05, 0.1) is 28.4 Å². The lowest BCUT2D eigenvalue weighted by molar-refractivity contribution is -0.126. The average molecular weight is 467 g/mol. The van der Waals surface area contributed by atoms with Crippen molar-refractivity contribution < 1.29 is 4.79 Å². The minimum absolute atomic E-state index is 0.0294. The molecular formula is C25H31ClN6O. The van der Waals surface area contributed by atoms with E-state index >= 15 is 0 Å². The van der Waals surface area contributed by atoms with Gasteiger partial charge in [-0.2, -0.15) is 10.2 Å². The van der Waals surface area contributed by atoms with Gasteiger partial charge in [-0.05, 0) is 63.8 Å². The molecule has 1 amide bonds. The van der Waals surface area contributed by atoms with Crippen LogP contribution in [-0.2, 0) is 4.79 Å². The largest absolute Gasteiger partial charge is 0.353 e. The predicted octanol–water partition coefficient (Wildman–Crippen LogP) is 4.75. The zero-order valence-electron chi connectivity index (χ0n) is 19.4. The molecule has 0 unspecified atom stereocenters. The Morgan fingerprint density at radius 2 is 1.79 bits per heavy atom. The van der Waals surface area contributed by atoms with E-state index in [1.54, 1.807) is 0 Å². The Morgan fingerprint density at radius 1 is 1.03 bits per heavy atom. The smallest absolute Gasteiger partial charge is 0.225 e. The van der Waals surface area contributed by atoms with Crippen LogP contribution in [0.4, 0.5) is 5.82 Å². The van der Waals surface area contributed by atoms with E-state index < -0.39 is 0 Å². The van der Waals surface area contributed by atoms with E-state index in [1.807, 2.05) is 35.9 Å². The molecule has 33 heavy (non-hydrogen) atoms. The second-order valence-electron chi connectivity index (χ2n) is 9.43. The van der Waals surface area contributed by atoms with Crippen LogP contribution in [0.1, 0.15) is 56.3 Å². The summed E-state index contributed by atoms with van der Waals surface area (Å²) < 4.78 is 1.93. The summed E-state index contributed by atoms with van der Waals surface area (Å²) in [6.45, 7) is 5.53. The number of rotatable bonds is 4. The minimum Gasteiger partial charge on any atom is -0.353 e. The van der Waals surface area contributed by atoms with Crippen LogP contribution in [0.25, 0.3) is 16.6 Å². The van der Waals surface area contributed by atoms with Crippen molar-refractivity contribution in [2.24, 2.45) is 5.92 Å². The highest BCUT2D eigenvalue weighted by Gasteiger charge is 2.30. The molecule has 2 fully saturated rings. The molecule has 0 radical (unpaired) electrons. The SMILES string of the molecule is Cc1nnc(N2CCC[C@@H](C(=O)NC3CCCCC3)C2)c2nn(-c3ccc(Cl)cc3)c(C)c12. The number of nitrogens with zero attached hydrogens (tertiary/aromatic N) is 5. The molecule has 1 N–H and O–H groups in total. The number of aromatic nitrogens is 4. The first-order valence-corrected chi connectivity index (χ1v) is 12.4. The zero-order chi connectivity index (χ0) is 22.9. The van der Waals surface area contributed by atoms with E-state index in [0.29, 0.717) is 17.6 Å². The molecule has 1 saturated heterocycles. The molecule has 1 aliphatic carbocycles. The van der Waals surface area contributed by atoms with Crippen molar-refractivity contribution in [2.45, 2.75) is 64.8 Å². The standard InChI is InChI=1S/C25H31ClN6O/c1-16-22-17(2)32(21-12-10-19(26)11-13-21)30-23(22)24(29-28-16)31-14-6-7-18(15-31)25(33)27-20-8-4-3-5-9-20/h10-13,18,20H,3-9,14-15H2,1-2H3,(H,27,33)/t18-/m1/s1. The molecule has 0 bridgehead atoms. The van der Waals surface area contributed by atoms with Crippen molar-refractivity contribution in [3.8, 4) is 5.69 Å². The number of halogens is 1. The van der Waals surface area contributed by atoms with Crippen molar-refractivity contribution in [3.63, 3.8) is 0 Å². The lowest BCUT2D eigenvalue weighted by Crippen LogP contribution is -2.46. The first kappa shape index (κ1) is 22.1. The number of hydrogen-bond acceptors (Lipinski definition) is 5. The van der Waals surface area contributed by atoms with Crippen LogP contribution in [0.3, 0.4) is 0 Å². The summed E-state index contributed by atoms with van der Waals surface area (Å²) in [6.07, 6.45) is 7.80. The molecule has 3 heterocycles. The third-order valence-corrected chi connectivity index (χ3v) is 7.35. The topological polar surface area (TPSA) is 75.9 Å². The van der Waals surface area contributed by atoms with Crippen molar-refractivity contribution in [3.05, 3.63) is 40.7 Å². The number of anilines is 1. The van der Waals surface area contributed by atoms with Gasteiger partial charge < -0.3 is 10.2 Å². The Morgan fingerprint density at radius 3 is 2.55 bits per heavy atom. The number of carbonyl (C=O) groups is 1. The van der Waals surface area contributed by atoms with Gasteiger partial charge in [-0.3, -0.25) is 4.79 Å². The first-order valence-electron chi connectivity index (χ1n) is 12.0. The van der Waals surface area contributed by atoms with Crippen molar-refractivity contribution in [2.75, 3.05) is 18.0 Å². The lowest BCUT2D eigenvalue weighted by atomic mass is 9.93. The highest BCUT2D eigenvalue weighted by atomic mass is 35.5. The second-order valence-corrected chi connectivity index (χ2v) is 9.87. The van der Waals surface area contributed by atoms with Gasteiger partial charge in [-0.25, -0.2) is 4.68 Å². The molecule has 7 nitrogen and oxygen atoms in total. The summed E-state index contributed by atoms with van der Waals surface area (Å²) in [7, 11) is 0. The molecule has 2 aromatic heterocycles. The van der Waals surface area contributed by atoms with E-state index in [4.69, 9.17) is 16.7 Å². The van der Waals surface area contributed by atoms with Crippen LogP contribution in [0.15, 0.2) is 24.3 Å². The Labute approximate surface area is 199 Å². The number of amides is 1. The van der Waals surface area contributed by atoms with Gasteiger partial charge in [0.25, 0.3) is 0 Å². The molecule has 1 atom stereocenters. The summed E-state index contributed by atoms with van der Waals surface area (Å²) >= 11 is 6.08. The van der Waals surface area contributed by atoms with E-state index in [1.165, 1.54) is 19.3 Å². The van der Waals surface area contributed by atoms with Crippen molar-refractivity contribution in [1.82, 2.24) is 25.3 Å². The van der Waals surface area contributed by atoms with E-state index in [0.717, 1.165) is 66.0 Å². The Balaban J connectivity index is 1.43. The van der Waals surface area contributed by atoms with E-state index in [9.17, 15) is 4.79 Å². The molecule has 1 saturated carbocycles. The number of hydrogen-bond donors (Lipinski definition) is 1. The van der Waals surface area contributed by atoms with Crippen LogP contribution in [-0.4, -0.2) is 45.0 Å². The molecule has 2 aliphatic rings. The quantitative estimate of drug-likeness (QED) is 0.600. The number of aryl methyl sites for hydroxylation is 2. The molecule has 8 heteroatoms. The monoisotopic (exact) mass is 466 g/mol. The summed E-state index contributed by atoms with van der Waals surface area (Å²) in [5.41, 5.74) is 3.66. The van der Waals surface area contributed by atoms with E-state index in [-0.39, 0.29) is 11.8 Å². The Hall–Kier alpha value is -2.67. The predicted molar refractivity (Wildman–Crippen MR) is 131 cm³/mol. The molecule has 5 rings (SSSR count). The highest BCUT2D eigenvalue weighted by Crippen LogP contribution is 2.32. The van der Waals surface area contributed by atoms with E-state index in [2.05, 4.69) is 27.3 Å². The fourth-order valence-electron chi connectivity index (χ4n) is 5.31. The Kier molecular flexibility index (Phi) is 6.23. The first-order chi connectivity index (χ1) is 16.0. The van der Waals surface area contributed by atoms with Gasteiger partial charge in [-0.1, -0.05) is 30.9 Å². The van der Waals surface area contributed by atoms with Gasteiger partial charge >= 0.3 is 0 Å². The lowest BCUT2D eigenvalue weighted by Gasteiger charge is -2.34. The van der Waals surface area contributed by atoms with Gasteiger partial charge in [-0.15, -0.1) is 5.10 Å². The third-order valence-electron chi connectivity index (χ3n) is 7.10. The van der Waals surface area contributed by atoms with Gasteiger partial charge in [0, 0.05) is 24.2 Å². The molecule has 174 valence electrons. The fraction of sp³-hybridized carbons (Fsp3) is 0.520. The maximum Gasteiger partial charge on any atom is 0.225 e. The van der Waals surface area contributed by atoms with Gasteiger partial charge in [0.15, 0.2) is 5.82 Å². The maximum absolute atomic E-state index is 13.0. The van der Waals surface area contributed by atoms with Gasteiger partial charge in [0.1, 0.15) is 5.52 Å². The highest BCUT2D eigenvalue weighted by molar-refractivity contribution is 6.30. The van der Waals surface area contributed by atoms with Crippen LogP contribution in [0, 0.1) is 19.8 Å². The van der Waals surface area contributed by atoms with Crippen LogP contribution in [0.2, 0.25) is 5.02 Å². The summed E-state index contributed by atoms with van der Waals surface area (Å²) in [5, 5.41) is 19.0. The van der Waals surface area contributed by atoms with Crippen LogP contribution < -0.4 is 10.2 Å². The molecule has 1 aromatic carbocycles. The summed E-state index contributed by atoms with van der Waals surface area (Å²) in [6, 6.07) is 8.00. The fourth-order valence-corrected chi connectivity index (χ4v) is 5.43. The van der Waals surface area contributed by atoms with Crippen molar-refractivity contribution in [1.29, 1.82) is 0 Å². The molecule has 1 aliphatic heterocycles. The minimum atomic E-state index is -0.0294. The van der Waals surface area contributed by atoms with Crippen LogP contribution >= 0.6 is 11.6 Å². The third kappa shape index (κ3) is 4.43. The second kappa shape index (κ2) is 9.29. The number of carbonyl (C=O) groups excluding carboxylic acids is 1. The average Bonchev–Trinajstić information content (AvgIpc) is 3.18. The van der Waals surface area contributed by atoms with Crippen LogP contribution in [0.5, 0.6) is 0 Å². The maximum atomic E-state index is 13.0. The Bertz CT molecular complexity index is 1150. The molecule has 0 spiro atoms. The molecule has 3 aromatic rings. The summed E-state index contributed by atoms with van der Waals surface area (Å²) in [5.74, 6) is 0.922. The number of benzene rings is 1. The summed E-state index contributed by atoms with van der Waals surface area (Å²) in [4.78, 5) is 15.2. The number of fused-ring (bicyclic) bond motifs is 1. The van der Waals surface area contributed by atoms with Crippen molar-refractivity contribution >= 4 is 34.2 Å². The number of piperidine rings is 1. The zero-order valence-corrected chi connectivity index (χ0v) is 20.1. The normalized spacial score (nSPS) is 19.7. The molecular weight excluding hydrogens is 436 g/mol.